The third-order valence-corrected chi connectivity index (χ3v) is 2.79. The standard InChI is InChI=1S/C10H9Cl2NO2/c1-10(2)6-3-5(11)4-7(12)8(6)13-9(14)15-10/h3-4H,1-2H3,(H,13,14). The molecule has 3 nitrogen and oxygen atoms in total. The molecule has 0 fully saturated rings. The number of cyclic esters (lactones) is 1. The van der Waals surface area contributed by atoms with Crippen LogP contribution in [0.5, 0.6) is 0 Å². The Balaban J connectivity index is 2.67. The zero-order valence-electron chi connectivity index (χ0n) is 8.23. The maximum absolute atomic E-state index is 11.3. The van der Waals surface area contributed by atoms with Crippen LogP contribution in [0.3, 0.4) is 0 Å². The maximum atomic E-state index is 11.3. The van der Waals surface area contributed by atoms with Gasteiger partial charge in [-0.25, -0.2) is 4.79 Å². The summed E-state index contributed by atoms with van der Waals surface area (Å²) in [5, 5.41) is 3.50. The minimum absolute atomic E-state index is 0.419. The Hall–Kier alpha value is -0.930. The van der Waals surface area contributed by atoms with Crippen molar-refractivity contribution in [2.24, 2.45) is 0 Å². The highest BCUT2D eigenvalue weighted by atomic mass is 35.5. The molecule has 0 aromatic heterocycles. The lowest BCUT2D eigenvalue weighted by Crippen LogP contribution is -2.34. The second kappa shape index (κ2) is 3.29. The van der Waals surface area contributed by atoms with Crippen molar-refractivity contribution in [3.8, 4) is 0 Å². The fourth-order valence-corrected chi connectivity index (χ4v) is 2.13. The zero-order chi connectivity index (χ0) is 11.2. The molecule has 0 saturated carbocycles. The minimum Gasteiger partial charge on any atom is -0.438 e. The fourth-order valence-electron chi connectivity index (χ4n) is 1.59. The average molecular weight is 246 g/mol. The van der Waals surface area contributed by atoms with Gasteiger partial charge < -0.3 is 4.74 Å². The van der Waals surface area contributed by atoms with Crippen LogP contribution in [0.15, 0.2) is 12.1 Å². The second-order valence-corrected chi connectivity index (χ2v) is 4.68. The van der Waals surface area contributed by atoms with Gasteiger partial charge in [0.15, 0.2) is 0 Å². The molecule has 2 rings (SSSR count). The van der Waals surface area contributed by atoms with E-state index in [1.807, 2.05) is 0 Å². The van der Waals surface area contributed by atoms with Crippen LogP contribution < -0.4 is 5.32 Å². The largest absolute Gasteiger partial charge is 0.438 e. The van der Waals surface area contributed by atoms with E-state index in [0.717, 1.165) is 5.56 Å². The summed E-state index contributed by atoms with van der Waals surface area (Å²) in [6.07, 6.45) is -0.503. The fraction of sp³-hybridized carbons (Fsp3) is 0.300. The van der Waals surface area contributed by atoms with E-state index in [2.05, 4.69) is 5.32 Å². The first-order chi connectivity index (χ1) is 6.90. The average Bonchev–Trinajstić information content (AvgIpc) is 2.06. The van der Waals surface area contributed by atoms with Gasteiger partial charge in [0.05, 0.1) is 10.7 Å². The molecule has 5 heteroatoms. The Kier molecular flexibility index (Phi) is 2.32. The van der Waals surface area contributed by atoms with Crippen LogP contribution in [0.4, 0.5) is 10.5 Å². The number of anilines is 1. The van der Waals surface area contributed by atoms with Crippen molar-refractivity contribution in [2.45, 2.75) is 19.4 Å². The van der Waals surface area contributed by atoms with Gasteiger partial charge in [-0.05, 0) is 26.0 Å². The summed E-state index contributed by atoms with van der Waals surface area (Å²) in [6, 6.07) is 3.33. The highest BCUT2D eigenvalue weighted by molar-refractivity contribution is 6.37. The lowest BCUT2D eigenvalue weighted by molar-refractivity contribution is 0.0420. The van der Waals surface area contributed by atoms with Crippen molar-refractivity contribution in [3.05, 3.63) is 27.7 Å². The topological polar surface area (TPSA) is 38.3 Å². The Morgan fingerprint density at radius 3 is 2.67 bits per heavy atom. The lowest BCUT2D eigenvalue weighted by atomic mass is 9.95. The molecule has 1 heterocycles. The molecular weight excluding hydrogens is 237 g/mol. The minimum atomic E-state index is -0.716. The summed E-state index contributed by atoms with van der Waals surface area (Å²) in [5.41, 5.74) is 0.633. The number of hydrogen-bond donors (Lipinski definition) is 1. The molecule has 0 saturated heterocycles. The van der Waals surface area contributed by atoms with Crippen LogP contribution in [0.25, 0.3) is 0 Å². The number of nitrogens with one attached hydrogen (secondary N) is 1. The Morgan fingerprint density at radius 2 is 2.00 bits per heavy atom. The normalized spacial score (nSPS) is 17.7. The van der Waals surface area contributed by atoms with E-state index in [1.165, 1.54) is 0 Å². The van der Waals surface area contributed by atoms with Crippen molar-refractivity contribution in [2.75, 3.05) is 5.32 Å². The molecule has 0 unspecified atom stereocenters. The smallest absolute Gasteiger partial charge is 0.412 e. The summed E-state index contributed by atoms with van der Waals surface area (Å²) in [6.45, 7) is 3.58. The first-order valence-corrected chi connectivity index (χ1v) is 5.15. The van der Waals surface area contributed by atoms with Gasteiger partial charge in [-0.15, -0.1) is 0 Å². The highest BCUT2D eigenvalue weighted by Crippen LogP contribution is 2.41. The Bertz CT molecular complexity index is 443. The molecule has 15 heavy (non-hydrogen) atoms. The Morgan fingerprint density at radius 1 is 1.33 bits per heavy atom. The zero-order valence-corrected chi connectivity index (χ0v) is 9.74. The molecular formula is C10H9Cl2NO2. The van der Waals surface area contributed by atoms with Crippen molar-refractivity contribution >= 4 is 35.0 Å². The van der Waals surface area contributed by atoms with Crippen LogP contribution in [0.1, 0.15) is 19.4 Å². The molecule has 1 aromatic rings. The van der Waals surface area contributed by atoms with Gasteiger partial charge in [0.1, 0.15) is 5.60 Å². The van der Waals surface area contributed by atoms with Gasteiger partial charge in [-0.2, -0.15) is 0 Å². The third-order valence-electron chi connectivity index (χ3n) is 2.28. The van der Waals surface area contributed by atoms with Crippen LogP contribution in [0, 0.1) is 0 Å². The van der Waals surface area contributed by atoms with E-state index >= 15 is 0 Å². The number of carbonyl (C=O) groups excluding carboxylic acids is 1. The van der Waals surface area contributed by atoms with Crippen molar-refractivity contribution in [1.29, 1.82) is 0 Å². The van der Waals surface area contributed by atoms with Crippen molar-refractivity contribution in [1.82, 2.24) is 0 Å². The molecule has 1 aromatic carbocycles. The summed E-state index contributed by atoms with van der Waals surface area (Å²) >= 11 is 11.9. The monoisotopic (exact) mass is 245 g/mol. The van der Waals surface area contributed by atoms with Gasteiger partial charge in [0, 0.05) is 10.6 Å². The number of halogens is 2. The predicted octanol–water partition coefficient (Wildman–Crippen LogP) is 3.79. The van der Waals surface area contributed by atoms with Crippen molar-refractivity contribution in [3.63, 3.8) is 0 Å². The third kappa shape index (κ3) is 1.77. The number of benzene rings is 1. The molecule has 1 N–H and O–H groups in total. The summed E-state index contributed by atoms with van der Waals surface area (Å²) in [7, 11) is 0. The quantitative estimate of drug-likeness (QED) is 0.756. The molecule has 80 valence electrons. The van der Waals surface area contributed by atoms with Crippen LogP contribution in [-0.4, -0.2) is 6.09 Å². The van der Waals surface area contributed by atoms with E-state index in [0.29, 0.717) is 15.7 Å². The molecule has 1 aliphatic heterocycles. The molecule has 0 spiro atoms. The SMILES string of the molecule is CC1(C)OC(=O)Nc2c(Cl)cc(Cl)cc21. The highest BCUT2D eigenvalue weighted by Gasteiger charge is 2.34. The maximum Gasteiger partial charge on any atom is 0.412 e. The number of fused-ring (bicyclic) bond motifs is 1. The van der Waals surface area contributed by atoms with Gasteiger partial charge in [0.2, 0.25) is 0 Å². The van der Waals surface area contributed by atoms with Gasteiger partial charge in [-0.3, -0.25) is 5.32 Å². The number of ether oxygens (including phenoxy) is 1. The van der Waals surface area contributed by atoms with E-state index in [1.54, 1.807) is 26.0 Å². The number of amides is 1. The molecule has 0 aliphatic carbocycles. The van der Waals surface area contributed by atoms with E-state index in [9.17, 15) is 4.79 Å². The summed E-state index contributed by atoms with van der Waals surface area (Å²) in [4.78, 5) is 11.3. The second-order valence-electron chi connectivity index (χ2n) is 3.84. The van der Waals surface area contributed by atoms with E-state index < -0.39 is 11.7 Å². The molecule has 0 bridgehead atoms. The van der Waals surface area contributed by atoms with Gasteiger partial charge >= 0.3 is 6.09 Å². The van der Waals surface area contributed by atoms with Crippen LogP contribution in [0.2, 0.25) is 10.0 Å². The predicted molar refractivity (Wildman–Crippen MR) is 59.6 cm³/mol. The Labute approximate surface area is 97.3 Å². The van der Waals surface area contributed by atoms with Gasteiger partial charge in [-0.1, -0.05) is 23.2 Å². The van der Waals surface area contributed by atoms with Crippen LogP contribution in [-0.2, 0) is 10.3 Å². The number of carbonyl (C=O) groups is 1. The first kappa shape index (κ1) is 10.6. The summed E-state index contributed by atoms with van der Waals surface area (Å²) < 4.78 is 5.14. The van der Waals surface area contributed by atoms with Crippen LogP contribution >= 0.6 is 23.2 Å². The van der Waals surface area contributed by atoms with Gasteiger partial charge in [0.25, 0.3) is 0 Å². The molecule has 1 amide bonds. The number of hydrogen-bond acceptors (Lipinski definition) is 2. The number of rotatable bonds is 0. The molecule has 1 aliphatic rings. The van der Waals surface area contributed by atoms with Crippen molar-refractivity contribution < 1.29 is 9.53 Å². The van der Waals surface area contributed by atoms with E-state index in [-0.39, 0.29) is 0 Å². The molecule has 0 atom stereocenters. The van der Waals surface area contributed by atoms with E-state index in [4.69, 9.17) is 27.9 Å². The molecule has 0 radical (unpaired) electrons. The first-order valence-electron chi connectivity index (χ1n) is 4.40. The lowest BCUT2D eigenvalue weighted by Gasteiger charge is -2.33. The summed E-state index contributed by atoms with van der Waals surface area (Å²) in [5.74, 6) is 0.